The highest BCUT2D eigenvalue weighted by atomic mass is 32.2. The second-order valence-electron chi connectivity index (χ2n) is 4.16. The van der Waals surface area contributed by atoms with E-state index in [9.17, 15) is 14.0 Å². The Morgan fingerprint density at radius 3 is 3.19 bits per heavy atom. The van der Waals surface area contributed by atoms with Crippen molar-refractivity contribution in [3.63, 3.8) is 0 Å². The molecule has 2 N–H and O–H groups in total. The number of nitrogens with zero attached hydrogens (tertiary/aromatic N) is 2. The van der Waals surface area contributed by atoms with Gasteiger partial charge in [-0.25, -0.2) is 9.18 Å². The summed E-state index contributed by atoms with van der Waals surface area (Å²) in [5.41, 5.74) is -1.08. The quantitative estimate of drug-likeness (QED) is 0.730. The third-order valence-corrected chi connectivity index (χ3v) is 3.69. The number of aliphatic hydroxyl groups excluding tert-OH is 1. The summed E-state index contributed by atoms with van der Waals surface area (Å²) >= 11 is 1.38. The first-order chi connectivity index (χ1) is 10.0. The van der Waals surface area contributed by atoms with Crippen LogP contribution in [0.1, 0.15) is 13.2 Å². The van der Waals surface area contributed by atoms with E-state index in [1.807, 2.05) is 0 Å². The lowest BCUT2D eigenvalue weighted by Crippen LogP contribution is -2.30. The van der Waals surface area contributed by atoms with Gasteiger partial charge in [-0.2, -0.15) is 4.98 Å². The van der Waals surface area contributed by atoms with E-state index < -0.39 is 36.3 Å². The molecular formula is C11H14FN3O5S. The number of amides is 1. The van der Waals surface area contributed by atoms with Crippen LogP contribution < -0.4 is 11.0 Å². The molecule has 0 radical (unpaired) electrons. The van der Waals surface area contributed by atoms with Crippen molar-refractivity contribution in [2.45, 2.75) is 18.6 Å². The topological polar surface area (TPSA) is 103 Å². The van der Waals surface area contributed by atoms with Gasteiger partial charge >= 0.3 is 5.69 Å². The second kappa shape index (κ2) is 6.98. The molecule has 1 aliphatic rings. The molecule has 0 spiro atoms. The summed E-state index contributed by atoms with van der Waals surface area (Å²) in [6, 6.07) is 0. The average molecular weight is 319 g/mol. The van der Waals surface area contributed by atoms with E-state index in [2.05, 4.69) is 10.3 Å². The van der Waals surface area contributed by atoms with Gasteiger partial charge in [0, 0.05) is 12.7 Å². The van der Waals surface area contributed by atoms with Crippen LogP contribution in [-0.2, 0) is 14.3 Å². The molecule has 8 nitrogen and oxygen atoms in total. The zero-order chi connectivity index (χ0) is 15.4. The van der Waals surface area contributed by atoms with Crippen molar-refractivity contribution in [3.8, 4) is 0 Å². The third kappa shape index (κ3) is 4.00. The second-order valence-corrected chi connectivity index (χ2v) is 5.35. The van der Waals surface area contributed by atoms with E-state index in [1.165, 1.54) is 18.7 Å². The standard InChI is InChI=1S/C11H14FN3O5S/c1-6(17)13-10-7(12)2-15(11(18)14-10)8-4-21-9(20-8)3-19-5-16/h2,8-9,16H,3-5H2,1H3,(H,13,14,17,18). The van der Waals surface area contributed by atoms with Crippen LogP contribution in [0.3, 0.4) is 0 Å². The lowest BCUT2D eigenvalue weighted by molar-refractivity contribution is -0.114. The number of rotatable bonds is 5. The fourth-order valence-electron chi connectivity index (χ4n) is 1.73. The Bertz CT molecular complexity index is 581. The number of aromatic nitrogens is 2. The maximum atomic E-state index is 13.8. The van der Waals surface area contributed by atoms with Crippen LogP contribution in [0.15, 0.2) is 11.0 Å². The van der Waals surface area contributed by atoms with Gasteiger partial charge in [0.15, 0.2) is 11.6 Å². The van der Waals surface area contributed by atoms with E-state index in [-0.39, 0.29) is 12.0 Å². The molecule has 1 aliphatic heterocycles. The molecule has 2 atom stereocenters. The first kappa shape index (κ1) is 15.9. The predicted octanol–water partition coefficient (Wildman–Crippen LogP) is -0.105. The van der Waals surface area contributed by atoms with Crippen molar-refractivity contribution in [2.24, 2.45) is 0 Å². The minimum Gasteiger partial charge on any atom is -0.371 e. The van der Waals surface area contributed by atoms with Crippen LogP contribution in [0.5, 0.6) is 0 Å². The molecule has 1 aromatic heterocycles. The van der Waals surface area contributed by atoms with Gasteiger partial charge in [0.25, 0.3) is 0 Å². The molecular weight excluding hydrogens is 305 g/mol. The molecule has 1 amide bonds. The number of hydrogen-bond acceptors (Lipinski definition) is 7. The van der Waals surface area contributed by atoms with E-state index in [4.69, 9.17) is 14.6 Å². The Labute approximate surface area is 123 Å². The smallest absolute Gasteiger partial charge is 0.351 e. The van der Waals surface area contributed by atoms with Crippen molar-refractivity contribution in [2.75, 3.05) is 24.5 Å². The molecule has 1 saturated heterocycles. The zero-order valence-corrected chi connectivity index (χ0v) is 11.9. The Kier molecular flexibility index (Phi) is 5.28. The number of thioether (sulfide) groups is 1. The number of ether oxygens (including phenoxy) is 2. The number of halogens is 1. The fraction of sp³-hybridized carbons (Fsp3) is 0.545. The first-order valence-electron chi connectivity index (χ1n) is 6.03. The molecule has 0 aromatic carbocycles. The van der Waals surface area contributed by atoms with E-state index >= 15 is 0 Å². The molecule has 10 heteroatoms. The predicted molar refractivity (Wildman–Crippen MR) is 72.2 cm³/mol. The normalized spacial score (nSPS) is 21.5. The molecule has 116 valence electrons. The molecule has 2 unspecified atom stereocenters. The summed E-state index contributed by atoms with van der Waals surface area (Å²) in [6.07, 6.45) is 0.268. The molecule has 2 heterocycles. The van der Waals surface area contributed by atoms with E-state index in [1.54, 1.807) is 0 Å². The summed E-state index contributed by atoms with van der Waals surface area (Å²) in [5.74, 6) is -1.34. The minimum atomic E-state index is -0.826. The molecule has 1 aromatic rings. The number of aliphatic hydroxyl groups is 1. The molecule has 0 bridgehead atoms. The molecule has 2 rings (SSSR count). The van der Waals surface area contributed by atoms with Gasteiger partial charge in [0.05, 0.1) is 12.8 Å². The first-order valence-corrected chi connectivity index (χ1v) is 7.08. The van der Waals surface area contributed by atoms with Gasteiger partial charge in [-0.15, -0.1) is 11.8 Å². The fourth-order valence-corrected chi connectivity index (χ4v) is 2.75. The number of anilines is 1. The van der Waals surface area contributed by atoms with Crippen LogP contribution >= 0.6 is 11.8 Å². The highest BCUT2D eigenvalue weighted by molar-refractivity contribution is 8.00. The van der Waals surface area contributed by atoms with Gasteiger partial charge in [-0.3, -0.25) is 9.36 Å². The summed E-state index contributed by atoms with van der Waals surface area (Å²) in [5, 5.41) is 10.7. The van der Waals surface area contributed by atoms with Gasteiger partial charge < -0.3 is 19.9 Å². The highest BCUT2D eigenvalue weighted by Crippen LogP contribution is 2.31. The maximum absolute atomic E-state index is 13.8. The molecule has 0 saturated carbocycles. The van der Waals surface area contributed by atoms with Crippen LogP contribution in [0.25, 0.3) is 0 Å². The maximum Gasteiger partial charge on any atom is 0.351 e. The Morgan fingerprint density at radius 2 is 2.52 bits per heavy atom. The van der Waals surface area contributed by atoms with Gasteiger partial charge in [-0.05, 0) is 0 Å². The monoisotopic (exact) mass is 319 g/mol. The van der Waals surface area contributed by atoms with Crippen LogP contribution in [0.2, 0.25) is 0 Å². The number of hydrogen-bond donors (Lipinski definition) is 2. The Morgan fingerprint density at radius 1 is 1.76 bits per heavy atom. The van der Waals surface area contributed by atoms with Crippen molar-refractivity contribution in [3.05, 3.63) is 22.5 Å². The van der Waals surface area contributed by atoms with Crippen LogP contribution in [-0.4, -0.2) is 45.2 Å². The van der Waals surface area contributed by atoms with Crippen molar-refractivity contribution < 1.29 is 23.8 Å². The summed E-state index contributed by atoms with van der Waals surface area (Å²) in [4.78, 5) is 26.2. The van der Waals surface area contributed by atoms with Gasteiger partial charge in [0.2, 0.25) is 5.91 Å². The third-order valence-electron chi connectivity index (χ3n) is 2.59. The molecule has 21 heavy (non-hydrogen) atoms. The van der Waals surface area contributed by atoms with E-state index in [0.717, 1.165) is 10.8 Å². The SMILES string of the molecule is CC(=O)Nc1nc(=O)n(C2CSC(COCO)O2)cc1F. The van der Waals surface area contributed by atoms with Crippen LogP contribution in [0.4, 0.5) is 10.2 Å². The number of carbonyl (C=O) groups excluding carboxylic acids is 1. The Balaban J connectivity index is 2.13. The largest absolute Gasteiger partial charge is 0.371 e. The van der Waals surface area contributed by atoms with Crippen molar-refractivity contribution >= 4 is 23.5 Å². The number of nitrogens with one attached hydrogen (secondary N) is 1. The minimum absolute atomic E-state index is 0.159. The van der Waals surface area contributed by atoms with Crippen LogP contribution in [0, 0.1) is 5.82 Å². The van der Waals surface area contributed by atoms with Gasteiger partial charge in [-0.1, -0.05) is 0 Å². The molecule has 1 fully saturated rings. The Hall–Kier alpha value is -1.49. The zero-order valence-electron chi connectivity index (χ0n) is 11.1. The lowest BCUT2D eigenvalue weighted by atomic mass is 10.5. The molecule has 0 aliphatic carbocycles. The van der Waals surface area contributed by atoms with E-state index in [0.29, 0.717) is 5.75 Å². The van der Waals surface area contributed by atoms with Crippen molar-refractivity contribution in [1.29, 1.82) is 0 Å². The van der Waals surface area contributed by atoms with Crippen molar-refractivity contribution in [1.82, 2.24) is 9.55 Å². The average Bonchev–Trinajstić information content (AvgIpc) is 2.88. The highest BCUT2D eigenvalue weighted by Gasteiger charge is 2.29. The summed E-state index contributed by atoms with van der Waals surface area (Å²) in [6.45, 7) is 0.925. The van der Waals surface area contributed by atoms with Gasteiger partial charge in [0.1, 0.15) is 18.5 Å². The number of carbonyl (C=O) groups is 1. The summed E-state index contributed by atoms with van der Waals surface area (Å²) in [7, 11) is 0. The summed E-state index contributed by atoms with van der Waals surface area (Å²) < 4.78 is 25.1. The lowest BCUT2D eigenvalue weighted by Gasteiger charge is -2.15.